The molecule has 5 nitrogen and oxygen atoms in total. The van der Waals surface area contributed by atoms with Crippen LogP contribution in [0.15, 0.2) is 0 Å². The smallest absolute Gasteiger partial charge is 0.305 e. The highest BCUT2D eigenvalue weighted by atomic mass is 16.5. The van der Waals surface area contributed by atoms with E-state index in [9.17, 15) is 14.7 Å². The molecule has 10 atom stereocenters. The molecule has 4 rings (SSSR count). The lowest BCUT2D eigenvalue weighted by atomic mass is 9.43. The molecule has 0 saturated heterocycles. The summed E-state index contributed by atoms with van der Waals surface area (Å²) in [5.41, 5.74) is 0.246. The Labute approximate surface area is 200 Å². The van der Waals surface area contributed by atoms with Gasteiger partial charge in [0.1, 0.15) is 6.10 Å². The summed E-state index contributed by atoms with van der Waals surface area (Å²) in [6, 6.07) is 0. The van der Waals surface area contributed by atoms with Crippen LogP contribution < -0.4 is 0 Å². The van der Waals surface area contributed by atoms with Crippen LogP contribution in [-0.2, 0) is 19.1 Å². The van der Waals surface area contributed by atoms with Gasteiger partial charge in [-0.25, -0.2) is 0 Å². The molecule has 4 unspecified atom stereocenters. The van der Waals surface area contributed by atoms with Crippen LogP contribution in [0.25, 0.3) is 0 Å². The number of rotatable bonds is 6. The van der Waals surface area contributed by atoms with Crippen LogP contribution in [0.3, 0.4) is 0 Å². The molecular formula is C28H46O5. The third-order valence-corrected chi connectivity index (χ3v) is 11.1. The Bertz CT molecular complexity index is 736. The standard InChI is InChI=1S/C28H46O5/c1-17(7-6-8-26(31)32-5)22-11-12-23-21-10-9-19-15-20(33-18(2)29)13-14-27(19,3)24(21)16-25(30)28(22,23)4/h17,19-25,30H,6-16H2,1-5H3/t17-,19-,20-,21?,22?,23?,24?,25-,27+,28-/m1/s1. The normalized spacial score (nSPS) is 45.3. The van der Waals surface area contributed by atoms with Gasteiger partial charge in [-0.2, -0.15) is 0 Å². The first-order valence-electron chi connectivity index (χ1n) is 13.5. The van der Waals surface area contributed by atoms with E-state index in [0.717, 1.165) is 38.5 Å². The first-order chi connectivity index (χ1) is 15.6. The molecule has 0 aliphatic heterocycles. The Balaban J connectivity index is 1.46. The molecule has 4 aliphatic carbocycles. The molecular weight excluding hydrogens is 416 g/mol. The van der Waals surface area contributed by atoms with Gasteiger partial charge in [0, 0.05) is 13.3 Å². The summed E-state index contributed by atoms with van der Waals surface area (Å²) in [6.45, 7) is 8.73. The van der Waals surface area contributed by atoms with Crippen molar-refractivity contribution in [3.8, 4) is 0 Å². The quantitative estimate of drug-likeness (QED) is 0.526. The van der Waals surface area contributed by atoms with Crippen LogP contribution in [0.5, 0.6) is 0 Å². The summed E-state index contributed by atoms with van der Waals surface area (Å²) < 4.78 is 10.4. The van der Waals surface area contributed by atoms with Crippen LogP contribution in [-0.4, -0.2) is 36.4 Å². The maximum Gasteiger partial charge on any atom is 0.305 e. The zero-order chi connectivity index (χ0) is 24.0. The Morgan fingerprint density at radius 3 is 2.52 bits per heavy atom. The Morgan fingerprint density at radius 2 is 1.82 bits per heavy atom. The van der Waals surface area contributed by atoms with Crippen molar-refractivity contribution >= 4 is 11.9 Å². The fourth-order valence-corrected chi connectivity index (χ4v) is 9.36. The highest BCUT2D eigenvalue weighted by Gasteiger charge is 2.63. The summed E-state index contributed by atoms with van der Waals surface area (Å²) >= 11 is 0. The predicted octanol–water partition coefficient (Wildman–Crippen LogP) is 5.53. The van der Waals surface area contributed by atoms with Crippen molar-refractivity contribution < 1.29 is 24.2 Å². The SMILES string of the molecule is COC(=O)CCC[C@@H](C)C1CCC2C3CC[C@@H]4C[C@H](OC(C)=O)CC[C@]4(C)C3C[C@@H](O)[C@@]21C. The van der Waals surface area contributed by atoms with Gasteiger partial charge in [-0.05, 0) is 111 Å². The minimum atomic E-state index is -0.249. The number of fused-ring (bicyclic) bond motifs is 5. The lowest BCUT2D eigenvalue weighted by molar-refractivity contribution is -0.181. The fraction of sp³-hybridized carbons (Fsp3) is 0.929. The second-order valence-electron chi connectivity index (χ2n) is 12.4. The predicted molar refractivity (Wildman–Crippen MR) is 127 cm³/mol. The van der Waals surface area contributed by atoms with Gasteiger partial charge in [0.25, 0.3) is 0 Å². The molecule has 188 valence electrons. The van der Waals surface area contributed by atoms with Gasteiger partial charge < -0.3 is 14.6 Å². The van der Waals surface area contributed by atoms with Crippen LogP contribution in [0.2, 0.25) is 0 Å². The molecule has 0 aromatic carbocycles. The van der Waals surface area contributed by atoms with Gasteiger partial charge in [0.2, 0.25) is 0 Å². The van der Waals surface area contributed by atoms with Gasteiger partial charge in [-0.3, -0.25) is 9.59 Å². The summed E-state index contributed by atoms with van der Waals surface area (Å²) in [7, 11) is 1.46. The van der Waals surface area contributed by atoms with Crippen LogP contribution in [0.1, 0.15) is 98.3 Å². The van der Waals surface area contributed by atoms with Crippen LogP contribution in [0, 0.1) is 46.3 Å². The van der Waals surface area contributed by atoms with Gasteiger partial charge in [-0.15, -0.1) is 0 Å². The molecule has 1 N–H and O–H groups in total. The molecule has 0 amide bonds. The molecule has 5 heteroatoms. The van der Waals surface area contributed by atoms with Crippen LogP contribution in [0.4, 0.5) is 0 Å². The number of aliphatic hydroxyl groups excluding tert-OH is 1. The Kier molecular flexibility index (Phi) is 7.21. The van der Waals surface area contributed by atoms with E-state index in [-0.39, 0.29) is 35.0 Å². The van der Waals surface area contributed by atoms with Crippen molar-refractivity contribution in [2.24, 2.45) is 46.3 Å². The lowest BCUT2D eigenvalue weighted by Crippen LogP contribution is -2.59. The Morgan fingerprint density at radius 1 is 1.06 bits per heavy atom. The molecule has 0 radical (unpaired) electrons. The monoisotopic (exact) mass is 462 g/mol. The van der Waals surface area contributed by atoms with E-state index in [4.69, 9.17) is 9.47 Å². The van der Waals surface area contributed by atoms with Gasteiger partial charge in [-0.1, -0.05) is 20.8 Å². The average molecular weight is 463 g/mol. The summed E-state index contributed by atoms with van der Waals surface area (Å²) in [5, 5.41) is 11.7. The highest BCUT2D eigenvalue weighted by Crippen LogP contribution is 2.68. The molecule has 4 saturated carbocycles. The third-order valence-electron chi connectivity index (χ3n) is 11.1. The second-order valence-corrected chi connectivity index (χ2v) is 12.4. The van der Waals surface area contributed by atoms with E-state index < -0.39 is 0 Å². The fourth-order valence-electron chi connectivity index (χ4n) is 9.36. The van der Waals surface area contributed by atoms with Crippen molar-refractivity contribution in [3.05, 3.63) is 0 Å². The molecule has 0 aromatic rings. The van der Waals surface area contributed by atoms with E-state index in [0.29, 0.717) is 41.9 Å². The summed E-state index contributed by atoms with van der Waals surface area (Å²) in [6.07, 6.45) is 11.2. The zero-order valence-corrected chi connectivity index (χ0v) is 21.5. The van der Waals surface area contributed by atoms with Crippen molar-refractivity contribution in [3.63, 3.8) is 0 Å². The maximum atomic E-state index is 11.7. The van der Waals surface area contributed by atoms with E-state index in [1.54, 1.807) is 0 Å². The van der Waals surface area contributed by atoms with E-state index in [1.165, 1.54) is 39.7 Å². The number of carbonyl (C=O) groups excluding carboxylic acids is 2. The van der Waals surface area contributed by atoms with Gasteiger partial charge >= 0.3 is 11.9 Å². The Hall–Kier alpha value is -1.10. The minimum Gasteiger partial charge on any atom is -0.469 e. The lowest BCUT2D eigenvalue weighted by Gasteiger charge is -2.62. The van der Waals surface area contributed by atoms with Crippen LogP contribution >= 0.6 is 0 Å². The topological polar surface area (TPSA) is 72.8 Å². The van der Waals surface area contributed by atoms with E-state index >= 15 is 0 Å². The number of aliphatic hydroxyl groups is 1. The first-order valence-corrected chi connectivity index (χ1v) is 13.5. The third kappa shape index (κ3) is 4.36. The highest BCUT2D eigenvalue weighted by molar-refractivity contribution is 5.69. The van der Waals surface area contributed by atoms with Crippen molar-refractivity contribution in [1.29, 1.82) is 0 Å². The molecule has 0 heterocycles. The van der Waals surface area contributed by atoms with Gasteiger partial charge in [0.15, 0.2) is 0 Å². The van der Waals surface area contributed by atoms with Gasteiger partial charge in [0.05, 0.1) is 13.2 Å². The van der Waals surface area contributed by atoms with Crippen molar-refractivity contribution in [2.75, 3.05) is 7.11 Å². The summed E-state index contributed by atoms with van der Waals surface area (Å²) in [5.74, 6) is 3.26. The molecule has 4 fully saturated rings. The zero-order valence-electron chi connectivity index (χ0n) is 21.5. The average Bonchev–Trinajstić information content (AvgIpc) is 3.13. The van der Waals surface area contributed by atoms with Crippen molar-refractivity contribution in [2.45, 2.75) is 111 Å². The number of hydrogen-bond donors (Lipinski definition) is 1. The minimum absolute atomic E-state index is 0.00993. The largest absolute Gasteiger partial charge is 0.469 e. The molecule has 0 spiro atoms. The number of ether oxygens (including phenoxy) is 2. The summed E-state index contributed by atoms with van der Waals surface area (Å²) in [4.78, 5) is 23.1. The first kappa shape index (κ1) is 25.0. The second kappa shape index (κ2) is 9.51. The molecule has 0 aromatic heterocycles. The van der Waals surface area contributed by atoms with Crippen molar-refractivity contribution in [1.82, 2.24) is 0 Å². The van der Waals surface area contributed by atoms with E-state index in [1.807, 2.05) is 0 Å². The number of methoxy groups -OCH3 is 1. The number of esters is 2. The molecule has 0 bridgehead atoms. The van der Waals surface area contributed by atoms with E-state index in [2.05, 4.69) is 20.8 Å². The number of hydrogen-bond acceptors (Lipinski definition) is 5. The molecule has 33 heavy (non-hydrogen) atoms. The molecule has 4 aliphatic rings. The maximum absolute atomic E-state index is 11.7. The number of carbonyl (C=O) groups is 2.